The Morgan fingerprint density at radius 1 is 0.900 bits per heavy atom. The Kier molecular flexibility index (Phi) is 14.7. The molecule has 0 spiro atoms. The quantitative estimate of drug-likeness (QED) is 0.519. The zero-order valence-electron chi connectivity index (χ0n) is 5.28. The number of aliphatic carboxylic acids is 2. The molecule has 0 aliphatic carbocycles. The molecule has 0 unspecified atom stereocenters. The van der Waals surface area contributed by atoms with E-state index < -0.39 is 11.9 Å². The van der Waals surface area contributed by atoms with E-state index in [0.717, 1.165) is 0 Å². The van der Waals surface area contributed by atoms with E-state index in [2.05, 4.69) is 0 Å². The Balaban J connectivity index is -0.000000245. The van der Waals surface area contributed by atoms with Crippen molar-refractivity contribution in [2.45, 2.75) is 0 Å². The minimum atomic E-state index is -1.26. The second-order valence-electron chi connectivity index (χ2n) is 1.01. The molecule has 0 radical (unpaired) electrons. The summed E-state index contributed by atoms with van der Waals surface area (Å²) in [7, 11) is 0. The van der Waals surface area contributed by atoms with Crippen LogP contribution < -0.4 is 0 Å². The van der Waals surface area contributed by atoms with Crippen LogP contribution in [0.4, 0.5) is 0 Å². The summed E-state index contributed by atoms with van der Waals surface area (Å²) >= 11 is 0. The number of carboxylic acid groups (broad SMARTS) is 2. The molecule has 0 saturated carbocycles. The van der Waals surface area contributed by atoms with Gasteiger partial charge in [0.15, 0.2) is 0 Å². The van der Waals surface area contributed by atoms with Gasteiger partial charge >= 0.3 is 11.9 Å². The first-order valence-corrected chi connectivity index (χ1v) is 1.77. The molecule has 2 N–H and O–H groups in total. The van der Waals surface area contributed by atoms with E-state index >= 15 is 0 Å². The molecule has 4 nitrogen and oxygen atoms in total. The molecule has 0 aromatic rings. The van der Waals surface area contributed by atoms with Gasteiger partial charge in [-0.05, 0) is 0 Å². The van der Waals surface area contributed by atoms with Crippen molar-refractivity contribution in [1.29, 1.82) is 0 Å². The van der Waals surface area contributed by atoms with E-state index in [9.17, 15) is 9.59 Å². The van der Waals surface area contributed by atoms with Crippen LogP contribution in [-0.4, -0.2) is 22.2 Å². The zero-order valence-corrected chi connectivity index (χ0v) is 11.2. The van der Waals surface area contributed by atoms with Crippen molar-refractivity contribution in [3.8, 4) is 0 Å². The number of carboxylic acids is 2. The van der Waals surface area contributed by atoms with Crippen LogP contribution in [0.15, 0.2) is 12.2 Å². The van der Waals surface area contributed by atoms with Crippen LogP contribution in [-0.2, 0) is 48.5 Å². The average molecular weight is 247 g/mol. The monoisotopic (exact) mass is 244 g/mol. The fourth-order valence-corrected chi connectivity index (χ4v) is 0.143. The molecule has 0 amide bonds. The van der Waals surface area contributed by atoms with Crippen LogP contribution in [0, 0.1) is 0 Å². The zero-order chi connectivity index (χ0) is 6.57. The molecule has 0 atom stereocenters. The van der Waals surface area contributed by atoms with Crippen LogP contribution >= 0.6 is 0 Å². The molecule has 6 heteroatoms. The summed E-state index contributed by atoms with van der Waals surface area (Å²) in [6.45, 7) is 0. The van der Waals surface area contributed by atoms with Crippen molar-refractivity contribution in [1.82, 2.24) is 0 Å². The first-order valence-electron chi connectivity index (χ1n) is 1.77. The summed E-state index contributed by atoms with van der Waals surface area (Å²) < 4.78 is 0. The molecule has 0 aliphatic rings. The summed E-state index contributed by atoms with van der Waals surface area (Å²) in [5.74, 6) is -2.51. The molecule has 48 valence electrons. The fraction of sp³-hybridized carbons (Fsp3) is 0. The fourth-order valence-electron chi connectivity index (χ4n) is 0.143. The number of rotatable bonds is 2. The van der Waals surface area contributed by atoms with Crippen molar-refractivity contribution in [3.05, 3.63) is 12.2 Å². The minimum absolute atomic E-state index is 0. The Morgan fingerprint density at radius 3 is 1.20 bits per heavy atom. The SMILES string of the molecule is O=C(O)/C=C\C(=O)O.[Zn].[Zn]. The summed E-state index contributed by atoms with van der Waals surface area (Å²) in [6, 6.07) is 0. The van der Waals surface area contributed by atoms with E-state index in [1.807, 2.05) is 0 Å². The van der Waals surface area contributed by atoms with Gasteiger partial charge in [0.05, 0.1) is 0 Å². The largest absolute Gasteiger partial charge is 0.478 e. The van der Waals surface area contributed by atoms with Gasteiger partial charge in [-0.2, -0.15) is 0 Å². The van der Waals surface area contributed by atoms with Gasteiger partial charge in [0.25, 0.3) is 0 Å². The van der Waals surface area contributed by atoms with Gasteiger partial charge in [0, 0.05) is 51.1 Å². The van der Waals surface area contributed by atoms with E-state index in [-0.39, 0.29) is 39.0 Å². The summed E-state index contributed by atoms with van der Waals surface area (Å²) in [5, 5.41) is 15.6. The second-order valence-corrected chi connectivity index (χ2v) is 1.01. The molecular formula is C4H4O4Zn2. The van der Waals surface area contributed by atoms with E-state index in [1.165, 1.54) is 0 Å². The number of hydrogen-bond acceptors (Lipinski definition) is 2. The maximum Gasteiger partial charge on any atom is 0.328 e. The molecule has 0 aliphatic heterocycles. The molecule has 0 fully saturated rings. The first kappa shape index (κ1) is 16.5. The van der Waals surface area contributed by atoms with Gasteiger partial charge < -0.3 is 10.2 Å². The molecule has 10 heavy (non-hydrogen) atoms. The van der Waals surface area contributed by atoms with Crippen molar-refractivity contribution in [2.75, 3.05) is 0 Å². The van der Waals surface area contributed by atoms with Crippen LogP contribution in [0.3, 0.4) is 0 Å². The van der Waals surface area contributed by atoms with Crippen molar-refractivity contribution in [3.63, 3.8) is 0 Å². The normalized spacial score (nSPS) is 7.60. The first-order chi connectivity index (χ1) is 3.63. The van der Waals surface area contributed by atoms with Gasteiger partial charge in [-0.15, -0.1) is 0 Å². The number of hydrogen-bond donors (Lipinski definition) is 2. The van der Waals surface area contributed by atoms with Crippen LogP contribution in [0.2, 0.25) is 0 Å². The minimum Gasteiger partial charge on any atom is -0.478 e. The smallest absolute Gasteiger partial charge is 0.328 e. The average Bonchev–Trinajstić information content (AvgIpc) is 1.61. The Hall–Kier alpha value is -0.0732. The Morgan fingerprint density at radius 2 is 1.10 bits per heavy atom. The van der Waals surface area contributed by atoms with Crippen molar-refractivity contribution >= 4 is 11.9 Å². The molecule has 0 saturated heterocycles. The molecule has 0 aromatic heterocycles. The summed E-state index contributed by atoms with van der Waals surface area (Å²) in [6.07, 6.45) is 1.12. The predicted octanol–water partition coefficient (Wildman–Crippen LogP) is -0.293. The number of carbonyl (C=O) groups is 2. The van der Waals surface area contributed by atoms with E-state index in [4.69, 9.17) is 10.2 Å². The van der Waals surface area contributed by atoms with Crippen LogP contribution in [0.25, 0.3) is 0 Å². The Labute approximate surface area is 82.8 Å². The van der Waals surface area contributed by atoms with E-state index in [0.29, 0.717) is 12.2 Å². The third kappa shape index (κ3) is 15.7. The van der Waals surface area contributed by atoms with Crippen LogP contribution in [0.1, 0.15) is 0 Å². The Bertz CT molecular complexity index is 126. The molecule has 0 heterocycles. The van der Waals surface area contributed by atoms with Gasteiger partial charge in [-0.3, -0.25) is 0 Å². The van der Waals surface area contributed by atoms with Gasteiger partial charge in [-0.25, -0.2) is 9.59 Å². The van der Waals surface area contributed by atoms with Crippen molar-refractivity contribution < 1.29 is 58.8 Å². The molecular weight excluding hydrogens is 243 g/mol. The van der Waals surface area contributed by atoms with Gasteiger partial charge in [-0.1, -0.05) is 0 Å². The van der Waals surface area contributed by atoms with Gasteiger partial charge in [0.2, 0.25) is 0 Å². The van der Waals surface area contributed by atoms with Crippen LogP contribution in [0.5, 0.6) is 0 Å². The third-order valence-electron chi connectivity index (χ3n) is 0.368. The predicted molar refractivity (Wildman–Crippen MR) is 24.4 cm³/mol. The third-order valence-corrected chi connectivity index (χ3v) is 0.368. The molecule has 0 rings (SSSR count). The topological polar surface area (TPSA) is 74.6 Å². The standard InChI is InChI=1S/C4H4O4.2Zn/c5-3(6)1-2-4(7)8;;/h1-2H,(H,5,6)(H,7,8);;/b2-1-;;. The van der Waals surface area contributed by atoms with Gasteiger partial charge in [0.1, 0.15) is 0 Å². The molecule has 0 bridgehead atoms. The van der Waals surface area contributed by atoms with Crippen molar-refractivity contribution in [2.24, 2.45) is 0 Å². The summed E-state index contributed by atoms with van der Waals surface area (Å²) in [4.78, 5) is 19.1. The molecule has 0 aromatic carbocycles. The summed E-state index contributed by atoms with van der Waals surface area (Å²) in [5.41, 5.74) is 0. The maximum absolute atomic E-state index is 9.55. The second kappa shape index (κ2) is 8.93. The van der Waals surface area contributed by atoms with E-state index in [1.54, 1.807) is 0 Å². The maximum atomic E-state index is 9.55.